The lowest BCUT2D eigenvalue weighted by Gasteiger charge is -2.47. The summed E-state index contributed by atoms with van der Waals surface area (Å²) >= 11 is 6.36. The van der Waals surface area contributed by atoms with Crippen molar-refractivity contribution in [3.63, 3.8) is 0 Å². The minimum Gasteiger partial charge on any atom is -0.465 e. The van der Waals surface area contributed by atoms with Gasteiger partial charge >= 0.3 is 5.97 Å². The summed E-state index contributed by atoms with van der Waals surface area (Å²) < 4.78 is 4.83. The fourth-order valence-electron chi connectivity index (χ4n) is 5.56. The van der Waals surface area contributed by atoms with Crippen LogP contribution < -0.4 is 0 Å². The molecular formula is C29H24ClN3O4. The van der Waals surface area contributed by atoms with Gasteiger partial charge in [0.05, 0.1) is 18.7 Å². The van der Waals surface area contributed by atoms with E-state index >= 15 is 0 Å². The highest BCUT2D eigenvalue weighted by atomic mass is 35.5. The van der Waals surface area contributed by atoms with Gasteiger partial charge in [0.2, 0.25) is 11.8 Å². The molecular weight excluding hydrogens is 490 g/mol. The molecule has 2 amide bonds. The highest BCUT2D eigenvalue weighted by molar-refractivity contribution is 6.31. The van der Waals surface area contributed by atoms with Gasteiger partial charge in [-0.05, 0) is 41.0 Å². The van der Waals surface area contributed by atoms with E-state index in [1.165, 1.54) is 7.11 Å². The zero-order chi connectivity index (χ0) is 25.7. The lowest BCUT2D eigenvalue weighted by molar-refractivity contribution is -0.159. The first-order valence-electron chi connectivity index (χ1n) is 12.1. The summed E-state index contributed by atoms with van der Waals surface area (Å²) in [7, 11) is 1.34. The number of halogens is 1. The number of piperazine rings is 1. The number of carbonyl (C=O) groups excluding carboxylic acids is 3. The van der Waals surface area contributed by atoms with Crippen LogP contribution in [-0.2, 0) is 27.3 Å². The molecule has 1 aromatic heterocycles. The quantitative estimate of drug-likeness (QED) is 0.407. The van der Waals surface area contributed by atoms with Gasteiger partial charge in [-0.3, -0.25) is 9.59 Å². The number of nitrogens with zero attached hydrogens (tertiary/aromatic N) is 2. The summed E-state index contributed by atoms with van der Waals surface area (Å²) in [6.45, 7) is 0.237. The number of carbonyl (C=O) groups is 3. The van der Waals surface area contributed by atoms with Gasteiger partial charge in [0, 0.05) is 34.6 Å². The molecule has 37 heavy (non-hydrogen) atoms. The van der Waals surface area contributed by atoms with Gasteiger partial charge < -0.3 is 19.5 Å². The molecule has 186 valence electrons. The number of fused-ring (bicyclic) bond motifs is 4. The second-order valence-corrected chi connectivity index (χ2v) is 9.79. The topological polar surface area (TPSA) is 82.7 Å². The summed E-state index contributed by atoms with van der Waals surface area (Å²) in [5.74, 6) is -0.673. The van der Waals surface area contributed by atoms with E-state index in [2.05, 4.69) is 4.98 Å². The fraction of sp³-hybridized carbons (Fsp3) is 0.207. The highest BCUT2D eigenvalue weighted by Gasteiger charge is 2.48. The summed E-state index contributed by atoms with van der Waals surface area (Å²) in [6.07, 6.45) is 0.416. The van der Waals surface area contributed by atoms with E-state index in [1.807, 2.05) is 54.6 Å². The Labute approximate surface area is 218 Å². The Kier molecular flexibility index (Phi) is 5.72. The smallest absolute Gasteiger partial charge is 0.337 e. The van der Waals surface area contributed by atoms with Crippen LogP contribution in [0.3, 0.4) is 0 Å². The monoisotopic (exact) mass is 513 g/mol. The normalized spacial score (nSPS) is 19.1. The molecule has 2 atom stereocenters. The van der Waals surface area contributed by atoms with Gasteiger partial charge in [0.25, 0.3) is 0 Å². The summed E-state index contributed by atoms with van der Waals surface area (Å²) in [5, 5.41) is 1.60. The first-order chi connectivity index (χ1) is 18.0. The van der Waals surface area contributed by atoms with Crippen LogP contribution in [0.15, 0.2) is 72.8 Å². The Bertz CT molecular complexity index is 1540. The summed E-state index contributed by atoms with van der Waals surface area (Å²) in [4.78, 5) is 46.4. The molecule has 0 radical (unpaired) electrons. The first kappa shape index (κ1) is 23.3. The van der Waals surface area contributed by atoms with Gasteiger partial charge in [-0.25, -0.2) is 4.79 Å². The molecule has 1 saturated heterocycles. The molecule has 2 aliphatic heterocycles. The maximum absolute atomic E-state index is 13.9. The Balaban J connectivity index is 1.44. The number of hydrogen-bond acceptors (Lipinski definition) is 4. The number of ether oxygens (including phenoxy) is 1. The van der Waals surface area contributed by atoms with Crippen molar-refractivity contribution in [3.05, 3.63) is 106 Å². The Hall–Kier alpha value is -4.10. The number of aromatic nitrogens is 1. The molecule has 0 spiro atoms. The van der Waals surface area contributed by atoms with E-state index in [9.17, 15) is 14.4 Å². The van der Waals surface area contributed by atoms with E-state index in [0.717, 1.165) is 33.3 Å². The lowest BCUT2D eigenvalue weighted by Crippen LogP contribution is -2.62. The van der Waals surface area contributed by atoms with Gasteiger partial charge in [0.1, 0.15) is 12.6 Å². The number of para-hydroxylation sites is 1. The van der Waals surface area contributed by atoms with Crippen LogP contribution >= 0.6 is 11.6 Å². The number of H-pyrrole nitrogens is 1. The number of hydrogen-bond donors (Lipinski definition) is 1. The minimum atomic E-state index is -0.652. The summed E-state index contributed by atoms with van der Waals surface area (Å²) in [5.41, 5.74) is 4.91. The van der Waals surface area contributed by atoms with Crippen molar-refractivity contribution < 1.29 is 19.1 Å². The SMILES string of the molecule is COC(=O)c1ccc(C2c3[nH]c4ccccc4c3C[C@@H]3C(=O)N(Cc4ccccc4Cl)CC(=O)N23)cc1. The molecule has 6 rings (SSSR count). The maximum atomic E-state index is 13.9. The summed E-state index contributed by atoms with van der Waals surface area (Å²) in [6, 6.07) is 21.2. The largest absolute Gasteiger partial charge is 0.465 e. The number of rotatable bonds is 4. The maximum Gasteiger partial charge on any atom is 0.337 e. The zero-order valence-electron chi connectivity index (χ0n) is 20.1. The van der Waals surface area contributed by atoms with Gasteiger partial charge in [-0.15, -0.1) is 0 Å². The van der Waals surface area contributed by atoms with Crippen LogP contribution in [0, 0.1) is 0 Å². The standard InChI is InChI=1S/C29H24ClN3O4/c1-37-29(36)18-12-10-17(11-13-18)27-26-21(20-7-3-5-9-23(20)31-26)14-24-28(35)32(16-25(34)33(24)27)15-19-6-2-4-8-22(19)30/h2-13,24,27,31H,14-16H2,1H3/t24-,27?/m1/s1. The van der Waals surface area contributed by atoms with Gasteiger partial charge in [-0.1, -0.05) is 60.1 Å². The van der Waals surface area contributed by atoms with Crippen LogP contribution in [0.5, 0.6) is 0 Å². The van der Waals surface area contributed by atoms with Crippen LogP contribution in [0.2, 0.25) is 5.02 Å². The predicted octanol–water partition coefficient (Wildman–Crippen LogP) is 4.49. The van der Waals surface area contributed by atoms with Crippen molar-refractivity contribution in [3.8, 4) is 0 Å². The molecule has 1 N–H and O–H groups in total. The van der Waals surface area contributed by atoms with Crippen molar-refractivity contribution in [2.45, 2.75) is 25.0 Å². The van der Waals surface area contributed by atoms with E-state index < -0.39 is 18.1 Å². The molecule has 0 bridgehead atoms. The zero-order valence-corrected chi connectivity index (χ0v) is 20.9. The van der Waals surface area contributed by atoms with Gasteiger partial charge in [0.15, 0.2) is 0 Å². The van der Waals surface area contributed by atoms with Crippen LogP contribution in [-0.4, -0.2) is 52.3 Å². The van der Waals surface area contributed by atoms with E-state index in [4.69, 9.17) is 16.3 Å². The predicted molar refractivity (Wildman–Crippen MR) is 139 cm³/mol. The number of esters is 1. The molecule has 7 nitrogen and oxygen atoms in total. The van der Waals surface area contributed by atoms with Crippen molar-refractivity contribution in [1.29, 1.82) is 0 Å². The Morgan fingerprint density at radius 1 is 1.03 bits per heavy atom. The molecule has 0 aliphatic carbocycles. The molecule has 1 unspecified atom stereocenters. The molecule has 0 saturated carbocycles. The molecule has 3 heterocycles. The first-order valence-corrected chi connectivity index (χ1v) is 12.4. The van der Waals surface area contributed by atoms with Crippen molar-refractivity contribution in [1.82, 2.24) is 14.8 Å². The van der Waals surface area contributed by atoms with E-state index in [-0.39, 0.29) is 24.9 Å². The minimum absolute atomic E-state index is 0.0349. The lowest BCUT2D eigenvalue weighted by atomic mass is 9.86. The van der Waals surface area contributed by atoms with Crippen LogP contribution in [0.25, 0.3) is 10.9 Å². The third-order valence-electron chi connectivity index (χ3n) is 7.31. The molecule has 3 aromatic carbocycles. The van der Waals surface area contributed by atoms with Crippen molar-refractivity contribution in [2.24, 2.45) is 0 Å². The Morgan fingerprint density at radius 3 is 2.51 bits per heavy atom. The molecule has 2 aliphatic rings. The number of methoxy groups -OCH3 is 1. The number of benzene rings is 3. The Morgan fingerprint density at radius 2 is 1.76 bits per heavy atom. The van der Waals surface area contributed by atoms with E-state index in [1.54, 1.807) is 28.0 Å². The number of aromatic amines is 1. The van der Waals surface area contributed by atoms with E-state index in [0.29, 0.717) is 17.0 Å². The number of amides is 2. The number of nitrogens with one attached hydrogen (secondary N) is 1. The van der Waals surface area contributed by atoms with Crippen LogP contribution in [0.4, 0.5) is 0 Å². The van der Waals surface area contributed by atoms with Crippen LogP contribution in [0.1, 0.15) is 38.8 Å². The second-order valence-electron chi connectivity index (χ2n) is 9.39. The molecule has 1 fully saturated rings. The van der Waals surface area contributed by atoms with Gasteiger partial charge in [-0.2, -0.15) is 0 Å². The third kappa shape index (κ3) is 3.86. The fourth-order valence-corrected chi connectivity index (χ4v) is 5.75. The second kappa shape index (κ2) is 9.09. The average molecular weight is 514 g/mol. The highest BCUT2D eigenvalue weighted by Crippen LogP contribution is 2.42. The average Bonchev–Trinajstić information content (AvgIpc) is 3.29. The van der Waals surface area contributed by atoms with Crippen molar-refractivity contribution >= 4 is 40.3 Å². The van der Waals surface area contributed by atoms with Crippen molar-refractivity contribution in [2.75, 3.05) is 13.7 Å². The molecule has 4 aromatic rings. The third-order valence-corrected chi connectivity index (χ3v) is 7.68. The molecule has 8 heteroatoms.